The Balaban J connectivity index is -0.000000470. The van der Waals surface area contributed by atoms with Gasteiger partial charge in [0.15, 0.2) is 0 Å². The Morgan fingerprint density at radius 1 is 0.350 bits per heavy atom. The Morgan fingerprint density at radius 3 is 0.825 bits per heavy atom. The third kappa shape index (κ3) is 19.2. The van der Waals surface area contributed by atoms with E-state index in [1.807, 2.05) is 41.5 Å². The van der Waals surface area contributed by atoms with Crippen molar-refractivity contribution in [3.05, 3.63) is 0 Å². The minimum atomic E-state index is 0.528. The first-order chi connectivity index (χ1) is 18.8. The monoisotopic (exact) mass is 569 g/mol. The number of ether oxygens (including phenoxy) is 1. The maximum Gasteiger partial charge on any atom is 0.0598 e. The van der Waals surface area contributed by atoms with Gasteiger partial charge in [0.25, 0.3) is 0 Å². The highest BCUT2D eigenvalue weighted by molar-refractivity contribution is 4.83. The van der Waals surface area contributed by atoms with Crippen LogP contribution >= 0.6 is 0 Å². The first kappa shape index (κ1) is 44.4. The summed E-state index contributed by atoms with van der Waals surface area (Å²) in [6, 6.07) is 0. The molecule has 1 heterocycles. The van der Waals surface area contributed by atoms with E-state index in [0.717, 1.165) is 65.8 Å². The zero-order valence-corrected chi connectivity index (χ0v) is 31.7. The zero-order chi connectivity index (χ0) is 32.0. The van der Waals surface area contributed by atoms with E-state index in [0.29, 0.717) is 12.0 Å². The maximum atomic E-state index is 5.81. The largest absolute Gasteiger partial charge is 0.378 e. The van der Waals surface area contributed by atoms with Crippen molar-refractivity contribution < 1.29 is 4.74 Å². The van der Waals surface area contributed by atoms with E-state index < -0.39 is 0 Å². The van der Waals surface area contributed by atoms with E-state index in [9.17, 15) is 0 Å². The highest BCUT2D eigenvalue weighted by atomic mass is 16.5. The Kier molecular flexibility index (Phi) is 29.5. The van der Waals surface area contributed by atoms with Gasteiger partial charge < -0.3 is 4.74 Å². The van der Waals surface area contributed by atoms with Crippen LogP contribution in [0.4, 0.5) is 0 Å². The van der Waals surface area contributed by atoms with Crippen molar-refractivity contribution in [3.63, 3.8) is 0 Å². The SMILES string of the molecule is CC.CC.CC.CC(C)C1CC(C(C)C)C1.CC(C)C1CCC(C(C)C)CC1.CC(C)C1CCC(C(C)C)OC1. The summed E-state index contributed by atoms with van der Waals surface area (Å²) in [4.78, 5) is 0. The van der Waals surface area contributed by atoms with Crippen molar-refractivity contribution in [2.45, 2.75) is 182 Å². The molecular weight excluding hydrogens is 484 g/mol. The van der Waals surface area contributed by atoms with Crippen LogP contribution in [0.3, 0.4) is 0 Å². The summed E-state index contributed by atoms with van der Waals surface area (Å²) in [6.45, 7) is 41.0. The van der Waals surface area contributed by atoms with Gasteiger partial charge in [-0.1, -0.05) is 125 Å². The van der Waals surface area contributed by atoms with E-state index >= 15 is 0 Å². The summed E-state index contributed by atoms with van der Waals surface area (Å²) in [5, 5.41) is 0. The fourth-order valence-electron chi connectivity index (χ4n) is 6.12. The molecule has 2 saturated carbocycles. The first-order valence-electron chi connectivity index (χ1n) is 18.4. The standard InChI is InChI=1S/C12H24.C11H22O.C10H20.3C2H6/c1-9(2)11-5-7-12(8-6-11)10(3)4;1-8(2)10-5-6-11(9(3)4)12-7-10;1-7(2)9-5-10(6-9)8(3)4;3*1-2/h9-12H,5-8H2,1-4H3;8-11H,5-7H2,1-4H3;7-10H,5-6H2,1-4H3;3*1-2H3. The van der Waals surface area contributed by atoms with Crippen LogP contribution in [0.15, 0.2) is 0 Å². The number of hydrogen-bond acceptors (Lipinski definition) is 1. The molecule has 0 N–H and O–H groups in total. The van der Waals surface area contributed by atoms with Crippen LogP contribution in [0.2, 0.25) is 0 Å². The van der Waals surface area contributed by atoms with Crippen molar-refractivity contribution in [2.75, 3.05) is 6.61 Å². The molecule has 0 radical (unpaired) electrons. The van der Waals surface area contributed by atoms with Gasteiger partial charge in [-0.25, -0.2) is 0 Å². The van der Waals surface area contributed by atoms with Crippen molar-refractivity contribution in [3.8, 4) is 0 Å². The topological polar surface area (TPSA) is 9.23 Å². The molecule has 0 aromatic heterocycles. The quantitative estimate of drug-likeness (QED) is 0.309. The fraction of sp³-hybridized carbons (Fsp3) is 1.00. The van der Waals surface area contributed by atoms with Gasteiger partial charge in [-0.05, 0) is 116 Å². The summed E-state index contributed by atoms with van der Waals surface area (Å²) in [5.41, 5.74) is 0. The van der Waals surface area contributed by atoms with Gasteiger partial charge in [0, 0.05) is 0 Å². The molecule has 1 nitrogen and oxygen atoms in total. The molecule has 1 aliphatic heterocycles. The predicted molar refractivity (Wildman–Crippen MR) is 187 cm³/mol. The molecule has 1 heteroatoms. The highest BCUT2D eigenvalue weighted by Gasteiger charge is 2.32. The molecule has 3 fully saturated rings. The smallest absolute Gasteiger partial charge is 0.0598 e. The van der Waals surface area contributed by atoms with E-state index in [4.69, 9.17) is 4.74 Å². The third-order valence-corrected chi connectivity index (χ3v) is 9.83. The van der Waals surface area contributed by atoms with Crippen molar-refractivity contribution >= 4 is 0 Å². The van der Waals surface area contributed by atoms with Gasteiger partial charge >= 0.3 is 0 Å². The van der Waals surface area contributed by atoms with Gasteiger partial charge in [-0.2, -0.15) is 0 Å². The Labute approximate surface area is 258 Å². The Hall–Kier alpha value is -0.0400. The maximum absolute atomic E-state index is 5.81. The molecule has 0 aromatic carbocycles. The lowest BCUT2D eigenvalue weighted by atomic mass is 9.65. The summed E-state index contributed by atoms with van der Waals surface area (Å²) in [5.74, 6) is 10.1. The van der Waals surface area contributed by atoms with Crippen LogP contribution in [0, 0.1) is 65.1 Å². The minimum Gasteiger partial charge on any atom is -0.378 e. The molecule has 246 valence electrons. The molecular formula is C39H84O. The van der Waals surface area contributed by atoms with Gasteiger partial charge in [0.1, 0.15) is 0 Å². The van der Waals surface area contributed by atoms with E-state index in [2.05, 4.69) is 83.1 Å². The zero-order valence-electron chi connectivity index (χ0n) is 31.7. The molecule has 0 spiro atoms. The van der Waals surface area contributed by atoms with Gasteiger partial charge in [0.05, 0.1) is 12.7 Å². The second-order valence-electron chi connectivity index (χ2n) is 14.3. The molecule has 3 aliphatic rings. The molecule has 1 saturated heterocycles. The summed E-state index contributed by atoms with van der Waals surface area (Å²) in [7, 11) is 0. The van der Waals surface area contributed by atoms with Gasteiger partial charge in [-0.15, -0.1) is 0 Å². The van der Waals surface area contributed by atoms with Crippen LogP contribution in [0.25, 0.3) is 0 Å². The Morgan fingerprint density at radius 2 is 0.625 bits per heavy atom. The van der Waals surface area contributed by atoms with E-state index in [1.54, 1.807) is 0 Å². The van der Waals surface area contributed by atoms with Crippen LogP contribution in [0.5, 0.6) is 0 Å². The average Bonchev–Trinajstić information content (AvgIpc) is 2.91. The molecule has 0 amide bonds. The molecule has 2 atom stereocenters. The van der Waals surface area contributed by atoms with Crippen LogP contribution in [-0.2, 0) is 4.74 Å². The first-order valence-corrected chi connectivity index (χ1v) is 18.4. The normalized spacial score (nSPS) is 27.6. The van der Waals surface area contributed by atoms with Crippen molar-refractivity contribution in [2.24, 2.45) is 65.1 Å². The second-order valence-corrected chi connectivity index (χ2v) is 14.3. The van der Waals surface area contributed by atoms with Crippen molar-refractivity contribution in [1.29, 1.82) is 0 Å². The lowest BCUT2D eigenvalue weighted by Gasteiger charge is -2.40. The van der Waals surface area contributed by atoms with Gasteiger partial charge in [-0.3, -0.25) is 0 Å². The number of hydrogen-bond donors (Lipinski definition) is 0. The van der Waals surface area contributed by atoms with E-state index in [-0.39, 0.29) is 0 Å². The van der Waals surface area contributed by atoms with Gasteiger partial charge in [0.2, 0.25) is 0 Å². The molecule has 0 bridgehead atoms. The third-order valence-electron chi connectivity index (χ3n) is 9.83. The lowest BCUT2D eigenvalue weighted by Crippen LogP contribution is -2.31. The van der Waals surface area contributed by atoms with Crippen LogP contribution < -0.4 is 0 Å². The average molecular weight is 569 g/mol. The van der Waals surface area contributed by atoms with Crippen LogP contribution in [-0.4, -0.2) is 12.7 Å². The predicted octanol–water partition coefficient (Wildman–Crippen LogP) is 13.6. The molecule has 2 aliphatic carbocycles. The molecule has 2 unspecified atom stereocenters. The van der Waals surface area contributed by atoms with Crippen LogP contribution in [0.1, 0.15) is 176 Å². The highest BCUT2D eigenvalue weighted by Crippen LogP contribution is 2.42. The summed E-state index contributed by atoms with van der Waals surface area (Å²) < 4.78 is 5.81. The lowest BCUT2D eigenvalue weighted by molar-refractivity contribution is -0.0496. The van der Waals surface area contributed by atoms with E-state index in [1.165, 1.54) is 51.4 Å². The van der Waals surface area contributed by atoms with Crippen molar-refractivity contribution in [1.82, 2.24) is 0 Å². The molecule has 3 rings (SSSR count). The summed E-state index contributed by atoms with van der Waals surface area (Å²) >= 11 is 0. The summed E-state index contributed by atoms with van der Waals surface area (Å²) in [6.07, 6.45) is 12.1. The second kappa shape index (κ2) is 26.6. The Bertz CT molecular complexity index is 405. The molecule has 0 aromatic rings. The molecule has 40 heavy (non-hydrogen) atoms. The minimum absolute atomic E-state index is 0.528. The number of rotatable bonds is 6. The fourth-order valence-corrected chi connectivity index (χ4v) is 6.12.